The number of carboxylic acids is 1. The van der Waals surface area contributed by atoms with Crippen LogP contribution in [0.2, 0.25) is 0 Å². The minimum absolute atomic E-state index is 0.0674. The predicted octanol–water partition coefficient (Wildman–Crippen LogP) is 5.77. The third-order valence-corrected chi connectivity index (χ3v) is 8.09. The van der Waals surface area contributed by atoms with Gasteiger partial charge in [0, 0.05) is 23.2 Å². The van der Waals surface area contributed by atoms with Gasteiger partial charge >= 0.3 is 12.1 Å². The fraction of sp³-hybridized carbons (Fsp3) is 0.500. The molecule has 1 aliphatic carbocycles. The molecule has 4 atom stereocenters. The summed E-state index contributed by atoms with van der Waals surface area (Å²) in [6.07, 6.45) is 1.78. The summed E-state index contributed by atoms with van der Waals surface area (Å²) in [5, 5.41) is 21.6. The van der Waals surface area contributed by atoms with E-state index in [9.17, 15) is 24.2 Å². The van der Waals surface area contributed by atoms with E-state index in [4.69, 9.17) is 14.5 Å². The molecule has 2 heterocycles. The number of methoxy groups -OCH3 is 1. The number of aromatic nitrogens is 2. The summed E-state index contributed by atoms with van der Waals surface area (Å²) in [5.74, 6) is -1.22. The lowest BCUT2D eigenvalue weighted by molar-refractivity contribution is -0.143. The highest BCUT2D eigenvalue weighted by atomic mass is 19.1. The van der Waals surface area contributed by atoms with E-state index < -0.39 is 29.9 Å². The van der Waals surface area contributed by atoms with Crippen molar-refractivity contribution in [3.8, 4) is 5.75 Å². The van der Waals surface area contributed by atoms with Gasteiger partial charge < -0.3 is 24.3 Å². The van der Waals surface area contributed by atoms with Gasteiger partial charge in [0.25, 0.3) is 0 Å². The van der Waals surface area contributed by atoms with Crippen molar-refractivity contribution >= 4 is 28.8 Å². The summed E-state index contributed by atoms with van der Waals surface area (Å²) < 4.78 is 27.4. The number of aliphatic hydroxyl groups excluding tert-OH is 1. The van der Waals surface area contributed by atoms with Gasteiger partial charge in [-0.1, -0.05) is 6.42 Å². The molecule has 1 aliphatic heterocycles. The number of rotatable bonds is 6. The molecule has 0 saturated heterocycles. The number of carbonyl (C=O) groups is 2. The molecule has 1 saturated carbocycles. The Morgan fingerprint density at radius 1 is 1.15 bits per heavy atom. The van der Waals surface area contributed by atoms with E-state index >= 15 is 0 Å². The number of hydrogen-bond donors (Lipinski definition) is 2. The third kappa shape index (κ3) is 5.00. The highest BCUT2D eigenvalue weighted by Gasteiger charge is 2.36. The van der Waals surface area contributed by atoms with E-state index in [0.717, 1.165) is 23.9 Å². The number of halogens is 1. The van der Waals surface area contributed by atoms with Crippen LogP contribution in [0.4, 0.5) is 14.9 Å². The lowest BCUT2D eigenvalue weighted by Crippen LogP contribution is -2.42. The maximum Gasteiger partial charge on any atom is 0.414 e. The van der Waals surface area contributed by atoms with E-state index in [-0.39, 0.29) is 23.8 Å². The Labute approximate surface area is 232 Å². The molecule has 40 heavy (non-hydrogen) atoms. The van der Waals surface area contributed by atoms with Crippen molar-refractivity contribution in [3.63, 3.8) is 0 Å². The number of benzene rings is 2. The van der Waals surface area contributed by atoms with Crippen LogP contribution in [0.15, 0.2) is 30.3 Å². The largest absolute Gasteiger partial charge is 0.491 e. The first-order valence-corrected chi connectivity index (χ1v) is 13.9. The van der Waals surface area contributed by atoms with Gasteiger partial charge in [-0.15, -0.1) is 0 Å². The molecule has 4 unspecified atom stereocenters. The highest BCUT2D eigenvalue weighted by molar-refractivity contribution is 5.95. The number of aliphatic hydroxyl groups is 1. The van der Waals surface area contributed by atoms with Crippen molar-refractivity contribution in [2.24, 2.45) is 5.92 Å². The van der Waals surface area contributed by atoms with Crippen molar-refractivity contribution in [2.45, 2.75) is 83.6 Å². The van der Waals surface area contributed by atoms with Gasteiger partial charge in [0.2, 0.25) is 0 Å². The van der Waals surface area contributed by atoms with Crippen LogP contribution in [-0.4, -0.2) is 51.1 Å². The smallest absolute Gasteiger partial charge is 0.414 e. The van der Waals surface area contributed by atoms with E-state index in [0.29, 0.717) is 48.5 Å². The van der Waals surface area contributed by atoms with Gasteiger partial charge in [-0.2, -0.15) is 0 Å². The monoisotopic (exact) mass is 553 g/mol. The second-order valence-electron chi connectivity index (χ2n) is 11.1. The van der Waals surface area contributed by atoms with Crippen molar-refractivity contribution in [1.29, 1.82) is 0 Å². The van der Waals surface area contributed by atoms with E-state index in [1.807, 2.05) is 37.5 Å². The van der Waals surface area contributed by atoms with Gasteiger partial charge in [0.05, 0.1) is 35.9 Å². The number of anilines is 1. The number of nitrogens with zero attached hydrogens (tertiary/aromatic N) is 3. The summed E-state index contributed by atoms with van der Waals surface area (Å²) in [7, 11) is 1.35. The van der Waals surface area contributed by atoms with Crippen molar-refractivity contribution < 1.29 is 33.7 Å². The van der Waals surface area contributed by atoms with Crippen LogP contribution < -0.4 is 9.64 Å². The summed E-state index contributed by atoms with van der Waals surface area (Å²) in [4.78, 5) is 31.2. The van der Waals surface area contributed by atoms with Gasteiger partial charge in [-0.05, 0) is 83.2 Å². The molecule has 9 nitrogen and oxygen atoms in total. The van der Waals surface area contributed by atoms with Crippen LogP contribution in [0, 0.1) is 11.7 Å². The Hall–Kier alpha value is -3.66. The fourth-order valence-electron chi connectivity index (χ4n) is 6.23. The van der Waals surface area contributed by atoms with E-state index in [1.165, 1.54) is 25.3 Å². The lowest BCUT2D eigenvalue weighted by atomic mass is 9.85. The number of carboxylic acid groups (broad SMARTS) is 1. The summed E-state index contributed by atoms with van der Waals surface area (Å²) in [5.41, 5.74) is 3.18. The predicted molar refractivity (Wildman–Crippen MR) is 147 cm³/mol. The minimum Gasteiger partial charge on any atom is -0.491 e. The lowest BCUT2D eigenvalue weighted by Gasteiger charge is -2.34. The quantitative estimate of drug-likeness (QED) is 0.398. The molecule has 214 valence electrons. The molecular formula is C30H36FN3O6. The summed E-state index contributed by atoms with van der Waals surface area (Å²) in [6, 6.07) is 7.47. The molecule has 0 radical (unpaired) electrons. The zero-order valence-corrected chi connectivity index (χ0v) is 23.3. The normalized spacial score (nSPS) is 21.8. The number of aliphatic carboxylic acids is 1. The summed E-state index contributed by atoms with van der Waals surface area (Å²) >= 11 is 0. The van der Waals surface area contributed by atoms with Crippen LogP contribution in [0.5, 0.6) is 5.75 Å². The van der Waals surface area contributed by atoms with Crippen LogP contribution in [-0.2, 0) is 16.0 Å². The topological polar surface area (TPSA) is 114 Å². The Morgan fingerprint density at radius 3 is 2.62 bits per heavy atom. The average molecular weight is 554 g/mol. The fourth-order valence-corrected chi connectivity index (χ4v) is 6.23. The summed E-state index contributed by atoms with van der Waals surface area (Å²) in [6.45, 7) is 5.67. The van der Waals surface area contributed by atoms with Crippen LogP contribution in [0.1, 0.15) is 82.0 Å². The zero-order valence-electron chi connectivity index (χ0n) is 23.3. The molecule has 1 aromatic heterocycles. The SMILES string of the molecule is COC(=O)N1c2ccc3c(nc(C(O)c4cc(F)ccc4OC(C)C)n3C3CCCC(C(=O)O)C3)c2CCC1C. The zero-order chi connectivity index (χ0) is 28.7. The van der Waals surface area contributed by atoms with Gasteiger partial charge in [0.15, 0.2) is 0 Å². The van der Waals surface area contributed by atoms with E-state index in [1.54, 1.807) is 4.90 Å². The molecule has 0 spiro atoms. The van der Waals surface area contributed by atoms with Gasteiger partial charge in [-0.25, -0.2) is 14.2 Å². The Bertz CT molecular complexity index is 1440. The molecule has 5 rings (SSSR count). The molecular weight excluding hydrogens is 517 g/mol. The van der Waals surface area contributed by atoms with Crippen LogP contribution in [0.3, 0.4) is 0 Å². The third-order valence-electron chi connectivity index (χ3n) is 8.09. The van der Waals surface area contributed by atoms with Crippen molar-refractivity contribution in [2.75, 3.05) is 12.0 Å². The van der Waals surface area contributed by atoms with Crippen molar-refractivity contribution in [3.05, 3.63) is 53.1 Å². The van der Waals surface area contributed by atoms with Gasteiger partial charge in [0.1, 0.15) is 23.5 Å². The average Bonchev–Trinajstić information content (AvgIpc) is 3.33. The molecule has 0 bridgehead atoms. The number of hydrogen-bond acceptors (Lipinski definition) is 6. The first-order valence-electron chi connectivity index (χ1n) is 13.9. The molecule has 2 N–H and O–H groups in total. The number of amides is 1. The maximum atomic E-state index is 14.5. The Kier molecular flexibility index (Phi) is 7.72. The maximum absolute atomic E-state index is 14.5. The Morgan fingerprint density at radius 2 is 1.93 bits per heavy atom. The standard InChI is InChI=1S/C30H36FN3O6/c1-16(2)40-25-13-9-19(31)15-22(25)27(35)28-32-26-21-10-8-17(3)33(30(38)39-4)23(21)11-12-24(26)34(28)20-7-5-6-18(14-20)29(36)37/h9,11-13,15-18,20,27,35H,5-8,10,14H2,1-4H3,(H,36,37). The second kappa shape index (κ2) is 11.1. The molecule has 10 heteroatoms. The van der Waals surface area contributed by atoms with Crippen LogP contribution >= 0.6 is 0 Å². The molecule has 2 aromatic carbocycles. The second-order valence-corrected chi connectivity index (χ2v) is 11.1. The molecule has 1 amide bonds. The van der Waals surface area contributed by atoms with E-state index in [2.05, 4.69) is 0 Å². The first-order chi connectivity index (χ1) is 19.1. The number of imidazole rings is 1. The minimum atomic E-state index is -1.34. The number of aryl methyl sites for hydroxylation is 1. The first kappa shape index (κ1) is 27.9. The number of carbonyl (C=O) groups excluding carboxylic acids is 1. The van der Waals surface area contributed by atoms with Crippen molar-refractivity contribution in [1.82, 2.24) is 9.55 Å². The Balaban J connectivity index is 1.71. The molecule has 1 fully saturated rings. The number of fused-ring (bicyclic) bond motifs is 3. The molecule has 3 aromatic rings. The molecule has 2 aliphatic rings. The van der Waals surface area contributed by atoms with Crippen LogP contribution in [0.25, 0.3) is 11.0 Å². The van der Waals surface area contributed by atoms with Gasteiger partial charge in [-0.3, -0.25) is 9.69 Å². The highest BCUT2D eigenvalue weighted by Crippen LogP contribution is 2.43. The number of ether oxygens (including phenoxy) is 2.